The van der Waals surface area contributed by atoms with Crippen molar-refractivity contribution in [1.82, 2.24) is 15.0 Å². The average molecular weight is 746 g/mol. The second-order valence-electron chi connectivity index (χ2n) is 10.5. The van der Waals surface area contributed by atoms with Crippen LogP contribution in [0.1, 0.15) is 67.9 Å². The van der Waals surface area contributed by atoms with Crippen LogP contribution in [0.3, 0.4) is 0 Å². The number of aryl methyl sites for hydroxylation is 4. The van der Waals surface area contributed by atoms with Crippen LogP contribution >= 0.6 is 0 Å². The molecule has 1 radical (unpaired) electrons. The summed E-state index contributed by atoms with van der Waals surface area (Å²) < 4.78 is 119. The Morgan fingerprint density at radius 3 is 2.38 bits per heavy atom. The Kier molecular flexibility index (Phi) is 4.54. The minimum Gasteiger partial charge on any atom is -0.500 e. The minimum absolute atomic E-state index is 0. The zero-order chi connectivity index (χ0) is 40.7. The third kappa shape index (κ3) is 5.88. The minimum atomic E-state index is -2.69. The van der Waals surface area contributed by atoms with Crippen molar-refractivity contribution in [1.29, 1.82) is 0 Å². The summed E-state index contributed by atoms with van der Waals surface area (Å²) in [5, 5.41) is 1.03. The van der Waals surface area contributed by atoms with Crippen molar-refractivity contribution < 1.29 is 48.1 Å². The fourth-order valence-corrected chi connectivity index (χ4v) is 4.46. The molecule has 6 heteroatoms. The van der Waals surface area contributed by atoms with Crippen LogP contribution < -0.4 is 0 Å². The molecule has 215 valence electrons. The van der Waals surface area contributed by atoms with Gasteiger partial charge < -0.3 is 18.8 Å². The van der Waals surface area contributed by atoms with Crippen LogP contribution in [-0.2, 0) is 26.5 Å². The van der Waals surface area contributed by atoms with Crippen molar-refractivity contribution in [3.63, 3.8) is 0 Å². The van der Waals surface area contributed by atoms with Crippen LogP contribution in [0.2, 0.25) is 0 Å². The van der Waals surface area contributed by atoms with Gasteiger partial charge in [-0.2, -0.15) is 0 Å². The van der Waals surface area contributed by atoms with Gasteiger partial charge in [-0.1, -0.05) is 56.9 Å². The first-order valence-corrected chi connectivity index (χ1v) is 12.7. The van der Waals surface area contributed by atoms with Crippen LogP contribution in [-0.4, -0.2) is 15.0 Å². The van der Waals surface area contributed by atoms with Gasteiger partial charge in [-0.05, 0) is 60.2 Å². The topological polar surface area (TPSA) is 65.0 Å². The summed E-state index contributed by atoms with van der Waals surface area (Å²) in [6.07, 6.45) is 1.06. The normalized spacial score (nSPS) is 18.1. The summed E-state index contributed by atoms with van der Waals surface area (Å²) in [6.45, 7) is -4.40. The van der Waals surface area contributed by atoms with Gasteiger partial charge >= 0.3 is 0 Å². The van der Waals surface area contributed by atoms with Gasteiger partial charge in [0.1, 0.15) is 5.58 Å². The van der Waals surface area contributed by atoms with Crippen molar-refractivity contribution in [2.24, 2.45) is 5.41 Å². The third-order valence-electron chi connectivity index (χ3n) is 6.20. The van der Waals surface area contributed by atoms with E-state index in [0.29, 0.717) is 33.2 Å². The molecule has 42 heavy (non-hydrogen) atoms. The van der Waals surface area contributed by atoms with Crippen LogP contribution in [0.4, 0.5) is 0 Å². The van der Waals surface area contributed by atoms with Crippen LogP contribution in [0.5, 0.6) is 0 Å². The molecule has 0 aliphatic rings. The Hall–Kier alpha value is -3.86. The van der Waals surface area contributed by atoms with Crippen molar-refractivity contribution >= 4 is 33.2 Å². The molecule has 7 aromatic rings. The summed E-state index contributed by atoms with van der Waals surface area (Å²) in [6, 6.07) is 18.0. The maximum atomic E-state index is 8.25. The van der Waals surface area contributed by atoms with Crippen LogP contribution in [0, 0.1) is 45.0 Å². The van der Waals surface area contributed by atoms with E-state index in [9.17, 15) is 0 Å². The van der Waals surface area contributed by atoms with Gasteiger partial charge in [0.05, 0.1) is 16.6 Å². The number of hydrogen-bond acceptors (Lipinski definition) is 5. The summed E-state index contributed by atoms with van der Waals surface area (Å²) in [5.41, 5.74) is 2.01. The molecule has 0 saturated carbocycles. The Bertz CT molecular complexity index is 2490. The Labute approximate surface area is 279 Å². The monoisotopic (exact) mass is 746 g/mol. The van der Waals surface area contributed by atoms with Crippen molar-refractivity contribution in [3.05, 3.63) is 101 Å². The average Bonchev–Trinajstić information content (AvgIpc) is 3.66. The van der Waals surface area contributed by atoms with E-state index in [1.165, 1.54) is 30.5 Å². The summed E-state index contributed by atoms with van der Waals surface area (Å²) in [5.74, 6) is 0. The molecular weight excluding hydrogens is 699 g/mol. The van der Waals surface area contributed by atoms with Gasteiger partial charge in [0.2, 0.25) is 5.71 Å². The first-order chi connectivity index (χ1) is 25.2. The number of furan rings is 2. The molecule has 0 aliphatic heterocycles. The Morgan fingerprint density at radius 1 is 0.833 bits per heavy atom. The summed E-state index contributed by atoms with van der Waals surface area (Å²) in [4.78, 5) is 12.6. The molecule has 0 unspecified atom stereocenters. The molecule has 5 aromatic heterocycles. The van der Waals surface area contributed by atoms with Gasteiger partial charge in [-0.25, -0.2) is 4.98 Å². The quantitative estimate of drug-likeness (QED) is 0.169. The van der Waals surface area contributed by atoms with E-state index in [-0.39, 0.29) is 70.6 Å². The Balaban J connectivity index is 0.000000223. The van der Waals surface area contributed by atoms with Gasteiger partial charge in [-0.3, -0.25) is 0 Å². The molecule has 0 saturated heterocycles. The number of hydrogen-bond donors (Lipinski definition) is 0. The molecule has 2 aromatic carbocycles. The van der Waals surface area contributed by atoms with E-state index >= 15 is 0 Å². The van der Waals surface area contributed by atoms with E-state index < -0.39 is 39.2 Å². The first kappa shape index (κ1) is 16.7. The largest absolute Gasteiger partial charge is 0.500 e. The van der Waals surface area contributed by atoms with Gasteiger partial charge in [0, 0.05) is 63.4 Å². The van der Waals surface area contributed by atoms with Crippen molar-refractivity contribution in [3.8, 4) is 22.5 Å². The molecule has 0 atom stereocenters. The number of benzene rings is 2. The van der Waals surface area contributed by atoms with Crippen molar-refractivity contribution in [2.75, 3.05) is 0 Å². The molecular formula is C36H33IrN3O2-2. The number of nitrogens with zero attached hydrogens (tertiary/aromatic N) is 3. The number of rotatable bonds is 3. The summed E-state index contributed by atoms with van der Waals surface area (Å²) in [7, 11) is 0. The van der Waals surface area contributed by atoms with E-state index in [4.69, 9.17) is 28.0 Å². The van der Waals surface area contributed by atoms with Crippen LogP contribution in [0.15, 0.2) is 69.8 Å². The molecule has 0 fully saturated rings. The second kappa shape index (κ2) is 11.4. The van der Waals surface area contributed by atoms with Crippen molar-refractivity contribution in [2.45, 2.75) is 54.6 Å². The number of aromatic nitrogens is 3. The smallest absolute Gasteiger partial charge is 0.220 e. The van der Waals surface area contributed by atoms with E-state index in [2.05, 4.69) is 27.1 Å². The van der Waals surface area contributed by atoms with Gasteiger partial charge in [-0.15, -0.1) is 47.5 Å². The van der Waals surface area contributed by atoms with Gasteiger partial charge in [0.15, 0.2) is 0 Å². The molecule has 0 N–H and O–H groups in total. The molecule has 0 amide bonds. The molecule has 0 aliphatic carbocycles. The zero-order valence-electron chi connectivity index (χ0n) is 36.8. The van der Waals surface area contributed by atoms with E-state index in [0.717, 1.165) is 6.20 Å². The predicted molar refractivity (Wildman–Crippen MR) is 165 cm³/mol. The SMILES string of the molecule is [2H]C([2H])([2H])c1c[c-]c(-c2ccc(C([2H])([2H])C(C)(C)C)cn2)cc1.[2H]C([2H])([2H])c1cc2oc3c[c-]c(-c4cc(C([2H])([2H])[2H])c(C([2H])([2H])[2H])cn4)c4oc(n1)c2c34.[Ir]. The standard InChI is InChI=1S/C19H13N2O2.C17H20N.Ir/c1-9-6-13(20-8-10(9)2)12-4-5-14-16-17-15(22-14)7-11(3)21-19(17)23-18(12)16;1-13-5-8-15(9-6-13)16-10-7-14(12-18-16)11-17(2,3)4;/h5-8H,1-3H3;5-8,10,12H,11H2,1-4H3;/q2*-1;/i1D3,2D3,3D3;1D3,11D2;. The summed E-state index contributed by atoms with van der Waals surface area (Å²) >= 11 is 0. The molecule has 0 bridgehead atoms. The van der Waals surface area contributed by atoms with Gasteiger partial charge in [0.25, 0.3) is 0 Å². The van der Waals surface area contributed by atoms with E-state index in [1.807, 2.05) is 20.8 Å². The molecule has 0 spiro atoms. The number of pyridine rings is 3. The third-order valence-corrected chi connectivity index (χ3v) is 6.20. The zero-order valence-corrected chi connectivity index (χ0v) is 25.2. The molecule has 5 nitrogen and oxygen atoms in total. The molecule has 5 heterocycles. The fourth-order valence-electron chi connectivity index (χ4n) is 4.46. The first-order valence-electron chi connectivity index (χ1n) is 19.7. The maximum Gasteiger partial charge on any atom is 0.220 e. The maximum absolute atomic E-state index is 8.25. The second-order valence-corrected chi connectivity index (χ2v) is 10.5. The predicted octanol–water partition coefficient (Wildman–Crippen LogP) is 9.40. The molecule has 7 rings (SSSR count). The fraction of sp³-hybridized carbons (Fsp3) is 0.250. The Morgan fingerprint density at radius 2 is 1.69 bits per heavy atom. The van der Waals surface area contributed by atoms with Crippen LogP contribution in [0.25, 0.3) is 55.7 Å². The van der Waals surface area contributed by atoms with E-state index in [1.54, 1.807) is 24.3 Å².